The van der Waals surface area contributed by atoms with E-state index < -0.39 is 5.92 Å². The van der Waals surface area contributed by atoms with Crippen LogP contribution in [0.3, 0.4) is 0 Å². The summed E-state index contributed by atoms with van der Waals surface area (Å²) in [6.07, 6.45) is 2.97. The van der Waals surface area contributed by atoms with Gasteiger partial charge in [-0.2, -0.15) is 0 Å². The topological polar surface area (TPSA) is 64.9 Å². The fraction of sp³-hybridized carbons (Fsp3) is 0.476. The Morgan fingerprint density at radius 3 is 2.59 bits per heavy atom. The zero-order chi connectivity index (χ0) is 21.2. The summed E-state index contributed by atoms with van der Waals surface area (Å²) in [5.74, 6) is -1.27. The maximum Gasteiger partial charge on any atom is 0.266 e. The molecule has 8 heteroatoms. The SMILES string of the molecule is CSc1ccccc1CNc1nc(C(C)(C)C)nc(N2CCC(F)(F)C2)c1C=N. The first-order valence-corrected chi connectivity index (χ1v) is 10.8. The summed E-state index contributed by atoms with van der Waals surface area (Å²) in [5.41, 5.74) is 1.20. The average molecular weight is 420 g/mol. The molecule has 1 fully saturated rings. The highest BCUT2D eigenvalue weighted by Gasteiger charge is 2.40. The zero-order valence-electron chi connectivity index (χ0n) is 17.2. The van der Waals surface area contributed by atoms with Crippen LogP contribution in [0.15, 0.2) is 29.2 Å². The van der Waals surface area contributed by atoms with Gasteiger partial charge in [0.25, 0.3) is 5.92 Å². The van der Waals surface area contributed by atoms with E-state index in [1.807, 2.05) is 45.2 Å². The summed E-state index contributed by atoms with van der Waals surface area (Å²) in [4.78, 5) is 12.0. The number of thioether (sulfide) groups is 1. The van der Waals surface area contributed by atoms with Crippen LogP contribution in [0.25, 0.3) is 0 Å². The van der Waals surface area contributed by atoms with Gasteiger partial charge in [-0.15, -0.1) is 11.8 Å². The molecular weight excluding hydrogens is 392 g/mol. The lowest BCUT2D eigenvalue weighted by Gasteiger charge is -2.25. The Labute approximate surface area is 174 Å². The van der Waals surface area contributed by atoms with Crippen molar-refractivity contribution in [2.24, 2.45) is 0 Å². The summed E-state index contributed by atoms with van der Waals surface area (Å²) in [6, 6.07) is 8.06. The molecule has 2 heterocycles. The van der Waals surface area contributed by atoms with Gasteiger partial charge in [-0.3, -0.25) is 0 Å². The van der Waals surface area contributed by atoms with E-state index >= 15 is 0 Å². The highest BCUT2D eigenvalue weighted by Crippen LogP contribution is 2.34. The molecule has 3 rings (SSSR count). The number of anilines is 2. The first-order valence-electron chi connectivity index (χ1n) is 9.56. The van der Waals surface area contributed by atoms with Crippen molar-refractivity contribution in [2.45, 2.75) is 50.0 Å². The second-order valence-electron chi connectivity index (χ2n) is 8.22. The summed E-state index contributed by atoms with van der Waals surface area (Å²) >= 11 is 1.66. The summed E-state index contributed by atoms with van der Waals surface area (Å²) in [5, 5.41) is 11.2. The van der Waals surface area contributed by atoms with Gasteiger partial charge in [0.05, 0.1) is 12.1 Å². The Kier molecular flexibility index (Phi) is 6.12. The van der Waals surface area contributed by atoms with Crippen LogP contribution in [0.5, 0.6) is 0 Å². The molecule has 0 aliphatic carbocycles. The quantitative estimate of drug-likeness (QED) is 0.512. The van der Waals surface area contributed by atoms with Crippen LogP contribution in [0.2, 0.25) is 0 Å². The Morgan fingerprint density at radius 2 is 2.00 bits per heavy atom. The highest BCUT2D eigenvalue weighted by atomic mass is 32.2. The first kappa shape index (κ1) is 21.5. The molecule has 0 bridgehead atoms. The summed E-state index contributed by atoms with van der Waals surface area (Å²) in [7, 11) is 0. The standard InChI is InChI=1S/C21H27F2N5S/c1-20(2,3)19-26-17(25-12-14-7-5-6-8-16(14)29-4)15(11-24)18(27-19)28-10-9-21(22,23)13-28/h5-8,11,24H,9-10,12-13H2,1-4H3,(H,25,26,27). The number of aromatic nitrogens is 2. The third kappa shape index (κ3) is 4.86. The average Bonchev–Trinajstić information content (AvgIpc) is 3.04. The van der Waals surface area contributed by atoms with E-state index in [4.69, 9.17) is 5.41 Å². The summed E-state index contributed by atoms with van der Waals surface area (Å²) in [6.45, 7) is 6.31. The predicted octanol–water partition coefficient (Wildman–Crippen LogP) is 4.95. The molecule has 1 aliphatic heterocycles. The van der Waals surface area contributed by atoms with Gasteiger partial charge in [0, 0.05) is 36.0 Å². The van der Waals surface area contributed by atoms with Crippen molar-refractivity contribution in [3.63, 3.8) is 0 Å². The molecule has 2 N–H and O–H groups in total. The zero-order valence-corrected chi connectivity index (χ0v) is 18.0. The number of rotatable bonds is 6. The van der Waals surface area contributed by atoms with Crippen molar-refractivity contribution < 1.29 is 8.78 Å². The molecule has 0 amide bonds. The van der Waals surface area contributed by atoms with E-state index in [0.717, 1.165) is 16.7 Å². The third-order valence-electron chi connectivity index (χ3n) is 4.85. The van der Waals surface area contributed by atoms with Gasteiger partial charge < -0.3 is 15.6 Å². The minimum atomic E-state index is -2.74. The number of nitrogens with one attached hydrogen (secondary N) is 2. The Morgan fingerprint density at radius 1 is 1.28 bits per heavy atom. The minimum absolute atomic E-state index is 0.205. The van der Waals surface area contributed by atoms with E-state index in [1.165, 1.54) is 0 Å². The molecule has 29 heavy (non-hydrogen) atoms. The van der Waals surface area contributed by atoms with Crippen molar-refractivity contribution in [1.29, 1.82) is 5.41 Å². The lowest BCUT2D eigenvalue weighted by atomic mass is 9.95. The lowest BCUT2D eigenvalue weighted by Crippen LogP contribution is -2.29. The van der Waals surface area contributed by atoms with Crippen molar-refractivity contribution in [3.05, 3.63) is 41.2 Å². The number of hydrogen-bond acceptors (Lipinski definition) is 6. The molecule has 5 nitrogen and oxygen atoms in total. The minimum Gasteiger partial charge on any atom is -0.365 e. The van der Waals surface area contributed by atoms with E-state index in [1.54, 1.807) is 16.7 Å². The molecule has 156 valence electrons. The molecule has 1 aromatic carbocycles. The van der Waals surface area contributed by atoms with Gasteiger partial charge >= 0.3 is 0 Å². The maximum absolute atomic E-state index is 13.8. The molecule has 0 unspecified atom stereocenters. The van der Waals surface area contributed by atoms with Crippen LogP contribution in [0, 0.1) is 5.41 Å². The predicted molar refractivity (Wildman–Crippen MR) is 116 cm³/mol. The van der Waals surface area contributed by atoms with E-state index in [0.29, 0.717) is 29.6 Å². The monoisotopic (exact) mass is 419 g/mol. The lowest BCUT2D eigenvalue weighted by molar-refractivity contribution is 0.0256. The van der Waals surface area contributed by atoms with Gasteiger partial charge in [0.2, 0.25) is 0 Å². The molecule has 1 aromatic heterocycles. The molecule has 0 saturated carbocycles. The van der Waals surface area contributed by atoms with Crippen molar-refractivity contribution in [2.75, 3.05) is 29.6 Å². The second-order valence-corrected chi connectivity index (χ2v) is 9.07. The highest BCUT2D eigenvalue weighted by molar-refractivity contribution is 7.98. The smallest absolute Gasteiger partial charge is 0.266 e. The van der Waals surface area contributed by atoms with Crippen LogP contribution in [-0.2, 0) is 12.0 Å². The third-order valence-corrected chi connectivity index (χ3v) is 5.69. The normalized spacial score (nSPS) is 16.1. The molecule has 1 aliphatic rings. The van der Waals surface area contributed by atoms with Gasteiger partial charge in [0.15, 0.2) is 0 Å². The number of hydrogen-bond donors (Lipinski definition) is 2. The molecule has 0 radical (unpaired) electrons. The van der Waals surface area contributed by atoms with Crippen molar-refractivity contribution >= 4 is 29.6 Å². The van der Waals surface area contributed by atoms with Crippen LogP contribution >= 0.6 is 11.8 Å². The fourth-order valence-electron chi connectivity index (χ4n) is 3.25. The fourth-order valence-corrected chi connectivity index (χ4v) is 3.86. The first-order chi connectivity index (χ1) is 13.6. The second kappa shape index (κ2) is 8.26. The van der Waals surface area contributed by atoms with E-state index in [2.05, 4.69) is 21.4 Å². The Balaban J connectivity index is 2.01. The van der Waals surface area contributed by atoms with Crippen molar-refractivity contribution in [1.82, 2.24) is 9.97 Å². The number of nitrogens with zero attached hydrogens (tertiary/aromatic N) is 3. The summed E-state index contributed by atoms with van der Waals surface area (Å²) < 4.78 is 27.7. The number of halogens is 2. The number of alkyl halides is 2. The molecule has 2 aromatic rings. The van der Waals surface area contributed by atoms with Gasteiger partial charge in [-0.25, -0.2) is 18.7 Å². The molecular formula is C21H27F2N5S. The van der Waals surface area contributed by atoms with Crippen LogP contribution < -0.4 is 10.2 Å². The van der Waals surface area contributed by atoms with Gasteiger partial charge in [0.1, 0.15) is 17.5 Å². The molecule has 0 atom stereocenters. The van der Waals surface area contributed by atoms with Gasteiger partial charge in [-0.1, -0.05) is 39.0 Å². The van der Waals surface area contributed by atoms with Gasteiger partial charge in [-0.05, 0) is 17.9 Å². The number of benzene rings is 1. The Bertz CT molecular complexity index is 895. The van der Waals surface area contributed by atoms with E-state index in [-0.39, 0.29) is 24.9 Å². The molecule has 1 saturated heterocycles. The molecule has 0 spiro atoms. The van der Waals surface area contributed by atoms with E-state index in [9.17, 15) is 8.78 Å². The largest absolute Gasteiger partial charge is 0.365 e. The Hall–Kier alpha value is -2.22. The van der Waals surface area contributed by atoms with Crippen LogP contribution in [0.1, 0.15) is 44.1 Å². The van der Waals surface area contributed by atoms with Crippen LogP contribution in [0.4, 0.5) is 20.4 Å². The van der Waals surface area contributed by atoms with Crippen LogP contribution in [-0.4, -0.2) is 41.5 Å². The van der Waals surface area contributed by atoms with Crippen molar-refractivity contribution in [3.8, 4) is 0 Å². The maximum atomic E-state index is 13.8.